The van der Waals surface area contributed by atoms with E-state index < -0.39 is 0 Å². The Hall–Kier alpha value is -3.49. The number of fused-ring (bicyclic) bond motifs is 5. The number of H-pyrrole nitrogens is 1. The van der Waals surface area contributed by atoms with Crippen LogP contribution in [0.2, 0.25) is 5.02 Å². The fraction of sp³-hybridized carbons (Fsp3) is 0.167. The van der Waals surface area contributed by atoms with Gasteiger partial charge in [0.2, 0.25) is 0 Å². The summed E-state index contributed by atoms with van der Waals surface area (Å²) in [7, 11) is 0. The monoisotopic (exact) mass is 474 g/mol. The molecule has 0 saturated carbocycles. The van der Waals surface area contributed by atoms with Crippen LogP contribution in [0.1, 0.15) is 22.6 Å². The summed E-state index contributed by atoms with van der Waals surface area (Å²) in [5.41, 5.74) is 6.26. The molecule has 164 valence electrons. The van der Waals surface area contributed by atoms with E-state index in [0.717, 1.165) is 51.5 Å². The van der Waals surface area contributed by atoms with Crippen molar-refractivity contribution in [1.29, 1.82) is 0 Å². The number of thiophene rings is 1. The molecular formula is C24H19ClN6OS. The molecule has 9 heteroatoms. The number of nitrogens with one attached hydrogen (secondary N) is 2. The van der Waals surface area contributed by atoms with Gasteiger partial charge in [0.1, 0.15) is 29.3 Å². The van der Waals surface area contributed by atoms with Crippen molar-refractivity contribution in [3.63, 3.8) is 0 Å². The lowest BCUT2D eigenvalue weighted by Gasteiger charge is -2.14. The zero-order valence-electron chi connectivity index (χ0n) is 17.7. The summed E-state index contributed by atoms with van der Waals surface area (Å²) in [4.78, 5) is 15.7. The number of benzene rings is 1. The van der Waals surface area contributed by atoms with Crippen LogP contribution < -0.4 is 10.1 Å². The minimum atomic E-state index is 0.359. The van der Waals surface area contributed by atoms with Crippen LogP contribution in [0, 0.1) is 6.92 Å². The number of aromatic amines is 1. The number of pyridine rings is 1. The molecule has 0 saturated heterocycles. The van der Waals surface area contributed by atoms with Gasteiger partial charge in [-0.05, 0) is 55.7 Å². The van der Waals surface area contributed by atoms with Gasteiger partial charge in [-0.25, -0.2) is 9.97 Å². The van der Waals surface area contributed by atoms with Crippen LogP contribution in [0.25, 0.3) is 20.7 Å². The number of ether oxygens (including phenoxy) is 1. The number of anilines is 2. The van der Waals surface area contributed by atoms with Crippen molar-refractivity contribution in [3.05, 3.63) is 76.6 Å². The number of halogens is 1. The van der Waals surface area contributed by atoms with Gasteiger partial charge in [0.15, 0.2) is 0 Å². The Labute approximate surface area is 198 Å². The Balaban J connectivity index is 1.27. The van der Waals surface area contributed by atoms with Crippen LogP contribution in [0.15, 0.2) is 48.9 Å². The average molecular weight is 475 g/mol. The number of aryl methyl sites for hydroxylation is 3. The van der Waals surface area contributed by atoms with Crippen LogP contribution in [-0.4, -0.2) is 25.1 Å². The summed E-state index contributed by atoms with van der Waals surface area (Å²) < 4.78 is 5.89. The smallest absolute Gasteiger partial charge is 0.142 e. The molecule has 33 heavy (non-hydrogen) atoms. The van der Waals surface area contributed by atoms with Crippen molar-refractivity contribution in [2.24, 2.45) is 0 Å². The topological polar surface area (TPSA) is 88.6 Å². The van der Waals surface area contributed by atoms with Gasteiger partial charge in [0.25, 0.3) is 0 Å². The summed E-state index contributed by atoms with van der Waals surface area (Å²) in [6, 6.07) is 11.5. The number of hydrogen-bond acceptors (Lipinski definition) is 7. The second-order valence-corrected chi connectivity index (χ2v) is 9.31. The SMILES string of the molecule is Cc1cccc(COc2ccc(Nc3ncnc4sc5c(c34)CCc3[nH]ncc3-5)cc2Cl)n1. The van der Waals surface area contributed by atoms with E-state index in [1.165, 1.54) is 16.1 Å². The highest BCUT2D eigenvalue weighted by molar-refractivity contribution is 7.22. The molecule has 0 unspecified atom stereocenters. The first kappa shape index (κ1) is 20.1. The molecule has 0 bridgehead atoms. The molecule has 0 aliphatic heterocycles. The molecule has 0 amide bonds. The van der Waals surface area contributed by atoms with E-state index in [1.54, 1.807) is 17.7 Å². The Morgan fingerprint density at radius 3 is 3.00 bits per heavy atom. The van der Waals surface area contributed by atoms with E-state index in [-0.39, 0.29) is 0 Å². The van der Waals surface area contributed by atoms with Gasteiger partial charge in [-0.3, -0.25) is 10.1 Å². The van der Waals surface area contributed by atoms with Gasteiger partial charge in [-0.1, -0.05) is 17.7 Å². The summed E-state index contributed by atoms with van der Waals surface area (Å²) >= 11 is 8.20. The lowest BCUT2D eigenvalue weighted by molar-refractivity contribution is 0.301. The number of hydrogen-bond donors (Lipinski definition) is 2. The largest absolute Gasteiger partial charge is 0.486 e. The lowest BCUT2D eigenvalue weighted by atomic mass is 9.95. The molecular weight excluding hydrogens is 456 g/mol. The standard InChI is InChI=1S/C24H19ClN6OS/c1-13-3-2-4-15(29-13)11-32-20-8-5-14(9-18(20)25)30-23-21-16-6-7-19-17(10-28-31-19)22(16)33-24(21)27-12-26-23/h2-5,8-10,12H,6-7,11H2,1H3,(H,28,31)(H,26,27,30). The van der Waals surface area contributed by atoms with Crippen molar-refractivity contribution in [2.45, 2.75) is 26.4 Å². The molecule has 7 nitrogen and oxygen atoms in total. The zero-order valence-corrected chi connectivity index (χ0v) is 19.3. The number of rotatable bonds is 5. The Kier molecular flexibility index (Phi) is 4.96. The first-order valence-corrected chi connectivity index (χ1v) is 11.8. The Bertz CT molecular complexity index is 1490. The minimum absolute atomic E-state index is 0.359. The van der Waals surface area contributed by atoms with Crippen LogP contribution in [0.3, 0.4) is 0 Å². The molecule has 5 aromatic rings. The van der Waals surface area contributed by atoms with Crippen LogP contribution in [-0.2, 0) is 19.4 Å². The van der Waals surface area contributed by atoms with Crippen LogP contribution in [0.4, 0.5) is 11.5 Å². The molecule has 0 spiro atoms. The maximum atomic E-state index is 6.52. The normalized spacial score (nSPS) is 12.4. The fourth-order valence-electron chi connectivity index (χ4n) is 4.15. The maximum absolute atomic E-state index is 6.52. The van der Waals surface area contributed by atoms with E-state index in [2.05, 4.69) is 30.5 Å². The van der Waals surface area contributed by atoms with E-state index in [4.69, 9.17) is 16.3 Å². The lowest BCUT2D eigenvalue weighted by Crippen LogP contribution is -2.02. The van der Waals surface area contributed by atoms with Crippen molar-refractivity contribution in [2.75, 3.05) is 5.32 Å². The van der Waals surface area contributed by atoms with Crippen molar-refractivity contribution in [1.82, 2.24) is 25.1 Å². The van der Waals surface area contributed by atoms with Crippen molar-refractivity contribution < 1.29 is 4.74 Å². The molecule has 0 atom stereocenters. The third-order valence-corrected chi connectivity index (χ3v) is 7.16. The molecule has 1 aliphatic carbocycles. The second kappa shape index (κ2) is 8.13. The summed E-state index contributed by atoms with van der Waals surface area (Å²) in [6.07, 6.45) is 5.34. The predicted octanol–water partition coefficient (Wildman–Crippen LogP) is 5.86. The molecule has 4 heterocycles. The van der Waals surface area contributed by atoms with E-state index in [0.29, 0.717) is 17.4 Å². The summed E-state index contributed by atoms with van der Waals surface area (Å²) in [5.74, 6) is 1.39. The molecule has 4 aromatic heterocycles. The van der Waals surface area contributed by atoms with E-state index in [9.17, 15) is 0 Å². The van der Waals surface area contributed by atoms with Gasteiger partial charge in [-0.15, -0.1) is 11.3 Å². The first-order valence-electron chi connectivity index (χ1n) is 10.6. The van der Waals surface area contributed by atoms with Gasteiger partial charge in [-0.2, -0.15) is 5.10 Å². The maximum Gasteiger partial charge on any atom is 0.142 e. The first-order chi connectivity index (χ1) is 16.2. The fourth-order valence-corrected chi connectivity index (χ4v) is 5.62. The van der Waals surface area contributed by atoms with Crippen molar-refractivity contribution in [3.8, 4) is 16.2 Å². The Morgan fingerprint density at radius 2 is 2.12 bits per heavy atom. The molecule has 1 aliphatic rings. The van der Waals surface area contributed by atoms with Crippen LogP contribution in [0.5, 0.6) is 5.75 Å². The summed E-state index contributed by atoms with van der Waals surface area (Å²) in [5, 5.41) is 12.3. The summed E-state index contributed by atoms with van der Waals surface area (Å²) in [6.45, 7) is 2.32. The quantitative estimate of drug-likeness (QED) is 0.331. The predicted molar refractivity (Wildman–Crippen MR) is 130 cm³/mol. The van der Waals surface area contributed by atoms with Crippen molar-refractivity contribution >= 4 is 44.7 Å². The molecule has 6 rings (SSSR count). The molecule has 0 radical (unpaired) electrons. The highest BCUT2D eigenvalue weighted by atomic mass is 35.5. The highest BCUT2D eigenvalue weighted by Crippen LogP contribution is 2.44. The van der Waals surface area contributed by atoms with Gasteiger partial charge in [0.05, 0.1) is 22.3 Å². The molecule has 0 fully saturated rings. The third kappa shape index (κ3) is 3.71. The van der Waals surface area contributed by atoms with Gasteiger partial charge in [0, 0.05) is 27.5 Å². The Morgan fingerprint density at radius 1 is 1.18 bits per heavy atom. The van der Waals surface area contributed by atoms with Gasteiger partial charge < -0.3 is 10.1 Å². The average Bonchev–Trinajstić information content (AvgIpc) is 3.43. The van der Waals surface area contributed by atoms with E-state index in [1.807, 2.05) is 49.5 Å². The highest BCUT2D eigenvalue weighted by Gasteiger charge is 2.25. The minimum Gasteiger partial charge on any atom is -0.486 e. The van der Waals surface area contributed by atoms with E-state index >= 15 is 0 Å². The molecule has 1 aromatic carbocycles. The second-order valence-electron chi connectivity index (χ2n) is 7.90. The number of nitrogens with zero attached hydrogens (tertiary/aromatic N) is 4. The third-order valence-electron chi connectivity index (χ3n) is 5.69. The van der Waals surface area contributed by atoms with Crippen LogP contribution >= 0.6 is 22.9 Å². The van der Waals surface area contributed by atoms with Gasteiger partial charge >= 0.3 is 0 Å². The molecule has 2 N–H and O–H groups in total. The number of aromatic nitrogens is 5. The zero-order chi connectivity index (χ0) is 22.4.